The fourth-order valence-corrected chi connectivity index (χ4v) is 3.61. The van der Waals surface area contributed by atoms with E-state index in [9.17, 15) is 4.79 Å². The smallest absolute Gasteiger partial charge is 0.227 e. The van der Waals surface area contributed by atoms with E-state index in [2.05, 4.69) is 27.6 Å². The van der Waals surface area contributed by atoms with Crippen molar-refractivity contribution in [1.29, 1.82) is 0 Å². The highest BCUT2D eigenvalue weighted by atomic mass is 32.1. The van der Waals surface area contributed by atoms with E-state index in [1.54, 1.807) is 11.3 Å². The number of thiophene rings is 1. The van der Waals surface area contributed by atoms with E-state index in [0.717, 1.165) is 23.4 Å². The summed E-state index contributed by atoms with van der Waals surface area (Å²) in [5, 5.41) is 8.87. The predicted molar refractivity (Wildman–Crippen MR) is 93.0 cm³/mol. The van der Waals surface area contributed by atoms with Gasteiger partial charge in [-0.2, -0.15) is 4.98 Å². The van der Waals surface area contributed by atoms with E-state index in [1.165, 1.54) is 17.5 Å². The minimum absolute atomic E-state index is 0.0381. The number of rotatable bonds is 5. The lowest BCUT2D eigenvalue weighted by atomic mass is 10.1. The Kier molecular flexibility index (Phi) is 4.13. The Morgan fingerprint density at radius 3 is 3.04 bits per heavy atom. The number of hydrogen-bond donors (Lipinski definition) is 1. The molecule has 0 radical (unpaired) electrons. The lowest BCUT2D eigenvalue weighted by Gasteiger charge is -2.06. The van der Waals surface area contributed by atoms with Crippen molar-refractivity contribution in [1.82, 2.24) is 10.1 Å². The molecule has 24 heavy (non-hydrogen) atoms. The van der Waals surface area contributed by atoms with Crippen LogP contribution in [0.15, 0.2) is 40.2 Å². The highest BCUT2D eigenvalue weighted by Crippen LogP contribution is 2.25. The van der Waals surface area contributed by atoms with Gasteiger partial charge in [0.2, 0.25) is 17.6 Å². The van der Waals surface area contributed by atoms with Gasteiger partial charge in [-0.15, -0.1) is 11.3 Å². The second kappa shape index (κ2) is 6.57. The normalized spacial score (nSPS) is 13.0. The minimum atomic E-state index is -0.0381. The second-order valence-electron chi connectivity index (χ2n) is 5.87. The van der Waals surface area contributed by atoms with Crippen molar-refractivity contribution in [3.63, 3.8) is 0 Å². The standard InChI is InChI=1S/C18H17N3O2S/c22-16(19-14-7-6-12-3-1-4-13(12)11-14)8-9-17-20-18(21-23-17)15-5-2-10-24-15/h2,5-7,10-11H,1,3-4,8-9H2,(H,19,22). The van der Waals surface area contributed by atoms with E-state index in [1.807, 2.05) is 23.6 Å². The Balaban J connectivity index is 1.33. The van der Waals surface area contributed by atoms with Crippen molar-refractivity contribution in [2.24, 2.45) is 0 Å². The maximum atomic E-state index is 12.1. The number of aromatic nitrogens is 2. The summed E-state index contributed by atoms with van der Waals surface area (Å²) in [4.78, 5) is 17.4. The topological polar surface area (TPSA) is 68.0 Å². The van der Waals surface area contributed by atoms with Crippen LogP contribution in [-0.4, -0.2) is 16.0 Å². The molecule has 0 aliphatic heterocycles. The third-order valence-electron chi connectivity index (χ3n) is 4.16. The van der Waals surface area contributed by atoms with Crippen LogP contribution in [0.2, 0.25) is 0 Å². The van der Waals surface area contributed by atoms with Gasteiger partial charge >= 0.3 is 0 Å². The molecule has 0 unspecified atom stereocenters. The summed E-state index contributed by atoms with van der Waals surface area (Å²) in [6.45, 7) is 0. The monoisotopic (exact) mass is 339 g/mol. The molecule has 122 valence electrons. The molecule has 6 heteroatoms. The number of fused-ring (bicyclic) bond motifs is 1. The largest absolute Gasteiger partial charge is 0.339 e. The molecule has 1 aromatic carbocycles. The molecule has 5 nitrogen and oxygen atoms in total. The molecule has 1 amide bonds. The highest BCUT2D eigenvalue weighted by molar-refractivity contribution is 7.13. The molecule has 0 saturated carbocycles. The lowest BCUT2D eigenvalue weighted by Crippen LogP contribution is -2.12. The SMILES string of the molecule is O=C(CCc1nc(-c2cccs2)no1)Nc1ccc2c(c1)CCC2. The average Bonchev–Trinajstić information content (AvgIpc) is 3.32. The first-order chi connectivity index (χ1) is 11.8. The van der Waals surface area contributed by atoms with Gasteiger partial charge in [0.15, 0.2) is 0 Å². The summed E-state index contributed by atoms with van der Waals surface area (Å²) in [5.41, 5.74) is 3.62. The Morgan fingerprint density at radius 1 is 1.25 bits per heavy atom. The molecule has 3 aromatic rings. The van der Waals surface area contributed by atoms with Crippen LogP contribution in [0.1, 0.15) is 29.9 Å². The van der Waals surface area contributed by atoms with Crippen molar-refractivity contribution in [3.8, 4) is 10.7 Å². The predicted octanol–water partition coefficient (Wildman–Crippen LogP) is 3.86. The molecular weight excluding hydrogens is 322 g/mol. The molecule has 4 rings (SSSR count). The van der Waals surface area contributed by atoms with Gasteiger partial charge in [-0.1, -0.05) is 17.3 Å². The van der Waals surface area contributed by atoms with Crippen molar-refractivity contribution in [3.05, 3.63) is 52.7 Å². The summed E-state index contributed by atoms with van der Waals surface area (Å²) >= 11 is 1.56. The number of amides is 1. The molecule has 0 fully saturated rings. The van der Waals surface area contributed by atoms with Gasteiger partial charge < -0.3 is 9.84 Å². The number of benzene rings is 1. The fraction of sp³-hybridized carbons (Fsp3) is 0.278. The van der Waals surface area contributed by atoms with E-state index >= 15 is 0 Å². The van der Waals surface area contributed by atoms with Crippen molar-refractivity contribution >= 4 is 22.9 Å². The van der Waals surface area contributed by atoms with Crippen LogP contribution in [0.5, 0.6) is 0 Å². The second-order valence-corrected chi connectivity index (χ2v) is 6.82. The van der Waals surface area contributed by atoms with E-state index < -0.39 is 0 Å². The maximum Gasteiger partial charge on any atom is 0.227 e. The van der Waals surface area contributed by atoms with Crippen LogP contribution in [0.4, 0.5) is 5.69 Å². The molecule has 0 spiro atoms. The van der Waals surface area contributed by atoms with Crippen LogP contribution >= 0.6 is 11.3 Å². The third kappa shape index (κ3) is 3.23. The van der Waals surface area contributed by atoms with E-state index in [0.29, 0.717) is 24.6 Å². The number of hydrogen-bond acceptors (Lipinski definition) is 5. The maximum absolute atomic E-state index is 12.1. The van der Waals surface area contributed by atoms with Crippen LogP contribution in [0.25, 0.3) is 10.7 Å². The van der Waals surface area contributed by atoms with Crippen molar-refractivity contribution in [2.75, 3.05) is 5.32 Å². The van der Waals surface area contributed by atoms with E-state index in [-0.39, 0.29) is 5.91 Å². The zero-order chi connectivity index (χ0) is 16.4. The highest BCUT2D eigenvalue weighted by Gasteiger charge is 2.13. The van der Waals surface area contributed by atoms with Gasteiger partial charge in [-0.05, 0) is 54.0 Å². The number of carbonyl (C=O) groups excluding carboxylic acids is 1. The first-order valence-corrected chi connectivity index (χ1v) is 8.94. The summed E-state index contributed by atoms with van der Waals surface area (Å²) < 4.78 is 5.22. The van der Waals surface area contributed by atoms with Gasteiger partial charge in [0.1, 0.15) is 0 Å². The average molecular weight is 339 g/mol. The number of carbonyl (C=O) groups is 1. The summed E-state index contributed by atoms with van der Waals surface area (Å²) in [6, 6.07) is 10.1. The molecule has 0 atom stereocenters. The van der Waals surface area contributed by atoms with Gasteiger partial charge in [-0.25, -0.2) is 0 Å². The van der Waals surface area contributed by atoms with Gasteiger partial charge in [0.05, 0.1) is 4.88 Å². The number of anilines is 1. The quantitative estimate of drug-likeness (QED) is 0.766. The zero-order valence-corrected chi connectivity index (χ0v) is 13.9. The summed E-state index contributed by atoms with van der Waals surface area (Å²) in [7, 11) is 0. The zero-order valence-electron chi connectivity index (χ0n) is 13.1. The van der Waals surface area contributed by atoms with Crippen LogP contribution in [0.3, 0.4) is 0 Å². The first kappa shape index (κ1) is 15.1. The summed E-state index contributed by atoms with van der Waals surface area (Å²) in [6.07, 6.45) is 4.22. The summed E-state index contributed by atoms with van der Waals surface area (Å²) in [5.74, 6) is 1.03. The Bertz CT molecular complexity index is 855. The molecule has 0 saturated heterocycles. The van der Waals surface area contributed by atoms with Gasteiger partial charge in [0.25, 0.3) is 0 Å². The molecular formula is C18H17N3O2S. The van der Waals surface area contributed by atoms with Crippen LogP contribution in [0, 0.1) is 0 Å². The number of nitrogens with zero attached hydrogens (tertiary/aromatic N) is 2. The third-order valence-corrected chi connectivity index (χ3v) is 5.02. The van der Waals surface area contributed by atoms with Gasteiger partial charge in [0, 0.05) is 18.5 Å². The number of nitrogens with one attached hydrogen (secondary N) is 1. The molecule has 1 aliphatic rings. The molecule has 2 aromatic heterocycles. The Hall–Kier alpha value is -2.47. The van der Waals surface area contributed by atoms with Crippen molar-refractivity contribution < 1.29 is 9.32 Å². The molecule has 1 aliphatic carbocycles. The van der Waals surface area contributed by atoms with Crippen LogP contribution in [-0.2, 0) is 24.1 Å². The van der Waals surface area contributed by atoms with Crippen molar-refractivity contribution in [2.45, 2.75) is 32.1 Å². The number of aryl methyl sites for hydroxylation is 3. The Labute approximate surface area is 143 Å². The minimum Gasteiger partial charge on any atom is -0.339 e. The first-order valence-electron chi connectivity index (χ1n) is 8.06. The van der Waals surface area contributed by atoms with Crippen LogP contribution < -0.4 is 5.32 Å². The fourth-order valence-electron chi connectivity index (χ4n) is 2.96. The van der Waals surface area contributed by atoms with Gasteiger partial charge in [-0.3, -0.25) is 4.79 Å². The lowest BCUT2D eigenvalue weighted by molar-refractivity contribution is -0.116. The Morgan fingerprint density at radius 2 is 2.17 bits per heavy atom. The molecule has 0 bridgehead atoms. The molecule has 2 heterocycles. The van der Waals surface area contributed by atoms with E-state index in [4.69, 9.17) is 4.52 Å². The molecule has 1 N–H and O–H groups in total.